The lowest BCUT2D eigenvalue weighted by molar-refractivity contribution is 0.585. The first-order valence-electron chi connectivity index (χ1n) is 5.99. The molecule has 0 bridgehead atoms. The SMILES string of the molecule is Cl.Nc1cccc2c1CCCN2S(=O)(=O)C1CC1. The third kappa shape index (κ3) is 2.06. The van der Waals surface area contributed by atoms with Crippen molar-refractivity contribution in [1.82, 2.24) is 0 Å². The van der Waals surface area contributed by atoms with E-state index < -0.39 is 10.0 Å². The summed E-state index contributed by atoms with van der Waals surface area (Å²) in [4.78, 5) is 0. The molecule has 0 amide bonds. The monoisotopic (exact) mass is 288 g/mol. The maximum Gasteiger partial charge on any atom is 0.238 e. The Hall–Kier alpha value is -0.940. The molecule has 0 radical (unpaired) electrons. The van der Waals surface area contributed by atoms with Gasteiger partial charge in [0.15, 0.2) is 0 Å². The number of hydrogen-bond donors (Lipinski definition) is 1. The molecule has 100 valence electrons. The number of hydrogen-bond acceptors (Lipinski definition) is 3. The van der Waals surface area contributed by atoms with Gasteiger partial charge in [-0.1, -0.05) is 6.07 Å². The molecule has 2 aliphatic rings. The standard InChI is InChI=1S/C12H16N2O2S.ClH/c13-11-4-1-5-12-10(11)3-2-8-14(12)17(15,16)9-6-7-9;/h1,4-5,9H,2-3,6-8,13H2;1H. The summed E-state index contributed by atoms with van der Waals surface area (Å²) in [5.74, 6) is 0. The molecule has 0 atom stereocenters. The van der Waals surface area contributed by atoms with Crippen molar-refractivity contribution in [3.8, 4) is 0 Å². The topological polar surface area (TPSA) is 63.4 Å². The Bertz CT molecular complexity index is 555. The smallest absolute Gasteiger partial charge is 0.238 e. The number of anilines is 2. The van der Waals surface area contributed by atoms with Gasteiger partial charge in [-0.25, -0.2) is 8.42 Å². The van der Waals surface area contributed by atoms with Gasteiger partial charge in [-0.15, -0.1) is 12.4 Å². The fourth-order valence-electron chi connectivity index (χ4n) is 2.43. The van der Waals surface area contributed by atoms with Gasteiger partial charge in [-0.3, -0.25) is 4.31 Å². The molecule has 1 aromatic rings. The molecule has 4 nitrogen and oxygen atoms in total. The van der Waals surface area contributed by atoms with Crippen LogP contribution in [0.15, 0.2) is 18.2 Å². The minimum Gasteiger partial charge on any atom is -0.398 e. The molecule has 1 aromatic carbocycles. The van der Waals surface area contributed by atoms with Gasteiger partial charge in [0.1, 0.15) is 0 Å². The Balaban J connectivity index is 0.00000120. The number of halogens is 1. The predicted molar refractivity (Wildman–Crippen MR) is 75.7 cm³/mol. The number of fused-ring (bicyclic) bond motifs is 1. The molecule has 1 heterocycles. The highest BCUT2D eigenvalue weighted by Crippen LogP contribution is 2.38. The molecule has 1 aliphatic carbocycles. The van der Waals surface area contributed by atoms with Crippen LogP contribution in [0.25, 0.3) is 0 Å². The van der Waals surface area contributed by atoms with Crippen LogP contribution in [0, 0.1) is 0 Å². The highest BCUT2D eigenvalue weighted by molar-refractivity contribution is 7.93. The Morgan fingerprint density at radius 2 is 2.00 bits per heavy atom. The van der Waals surface area contributed by atoms with E-state index in [1.54, 1.807) is 4.31 Å². The summed E-state index contributed by atoms with van der Waals surface area (Å²) in [5, 5.41) is -0.158. The first-order valence-corrected chi connectivity index (χ1v) is 7.50. The Morgan fingerprint density at radius 1 is 1.28 bits per heavy atom. The third-order valence-electron chi connectivity index (χ3n) is 3.50. The van der Waals surface area contributed by atoms with Crippen molar-refractivity contribution in [2.75, 3.05) is 16.6 Å². The third-order valence-corrected chi connectivity index (χ3v) is 5.80. The van der Waals surface area contributed by atoms with Gasteiger partial charge >= 0.3 is 0 Å². The van der Waals surface area contributed by atoms with Crippen LogP contribution in [-0.4, -0.2) is 20.2 Å². The van der Waals surface area contributed by atoms with Crippen LogP contribution in [-0.2, 0) is 16.4 Å². The molecule has 0 unspecified atom stereocenters. The first kappa shape index (κ1) is 13.5. The molecule has 0 saturated heterocycles. The fourth-order valence-corrected chi connectivity index (χ4v) is 4.35. The summed E-state index contributed by atoms with van der Waals surface area (Å²) in [6.07, 6.45) is 3.33. The summed E-state index contributed by atoms with van der Waals surface area (Å²) in [6, 6.07) is 5.53. The Morgan fingerprint density at radius 3 is 2.67 bits per heavy atom. The largest absolute Gasteiger partial charge is 0.398 e. The zero-order chi connectivity index (χ0) is 12.0. The van der Waals surface area contributed by atoms with Crippen molar-refractivity contribution < 1.29 is 8.42 Å². The summed E-state index contributed by atoms with van der Waals surface area (Å²) < 4.78 is 26.2. The molecule has 0 aromatic heterocycles. The predicted octanol–water partition coefficient (Wildman–Crippen LogP) is 1.94. The van der Waals surface area contributed by atoms with Gasteiger partial charge in [-0.2, -0.15) is 0 Å². The maximum atomic E-state index is 12.3. The average Bonchev–Trinajstić information content (AvgIpc) is 3.13. The molecular formula is C12H17ClN2O2S. The van der Waals surface area contributed by atoms with E-state index in [4.69, 9.17) is 5.73 Å². The lowest BCUT2D eigenvalue weighted by atomic mass is 10.0. The summed E-state index contributed by atoms with van der Waals surface area (Å²) >= 11 is 0. The molecule has 6 heteroatoms. The minimum atomic E-state index is -3.14. The molecule has 0 spiro atoms. The van der Waals surface area contributed by atoms with Crippen LogP contribution in [0.5, 0.6) is 0 Å². The van der Waals surface area contributed by atoms with Crippen molar-refractivity contribution in [1.29, 1.82) is 0 Å². The zero-order valence-electron chi connectivity index (χ0n) is 10.0. The number of nitrogen functional groups attached to an aromatic ring is 1. The summed E-state index contributed by atoms with van der Waals surface area (Å²) in [7, 11) is -3.14. The molecule has 18 heavy (non-hydrogen) atoms. The quantitative estimate of drug-likeness (QED) is 0.846. The number of rotatable bonds is 2. The number of nitrogens with two attached hydrogens (primary N) is 1. The molecular weight excluding hydrogens is 272 g/mol. The second-order valence-electron chi connectivity index (χ2n) is 4.76. The lowest BCUT2D eigenvalue weighted by Crippen LogP contribution is -2.37. The van der Waals surface area contributed by atoms with E-state index in [1.165, 1.54) is 0 Å². The lowest BCUT2D eigenvalue weighted by Gasteiger charge is -2.31. The van der Waals surface area contributed by atoms with Crippen LogP contribution >= 0.6 is 12.4 Å². The first-order chi connectivity index (χ1) is 8.10. The van der Waals surface area contributed by atoms with E-state index >= 15 is 0 Å². The van der Waals surface area contributed by atoms with Gasteiger partial charge in [0.2, 0.25) is 10.0 Å². The van der Waals surface area contributed by atoms with Crippen LogP contribution in [0.1, 0.15) is 24.8 Å². The van der Waals surface area contributed by atoms with Crippen molar-refractivity contribution in [2.24, 2.45) is 0 Å². The van der Waals surface area contributed by atoms with Crippen molar-refractivity contribution >= 4 is 33.8 Å². The Kier molecular flexibility index (Phi) is 3.47. The van der Waals surface area contributed by atoms with E-state index in [0.717, 1.165) is 36.9 Å². The van der Waals surface area contributed by atoms with Gasteiger partial charge in [0, 0.05) is 12.2 Å². The molecule has 1 fully saturated rings. The maximum absolute atomic E-state index is 12.3. The highest BCUT2D eigenvalue weighted by atomic mass is 35.5. The zero-order valence-corrected chi connectivity index (χ0v) is 11.6. The number of sulfonamides is 1. The van der Waals surface area contributed by atoms with E-state index in [0.29, 0.717) is 12.2 Å². The van der Waals surface area contributed by atoms with Crippen LogP contribution in [0.2, 0.25) is 0 Å². The van der Waals surface area contributed by atoms with Crippen LogP contribution in [0.3, 0.4) is 0 Å². The fraction of sp³-hybridized carbons (Fsp3) is 0.500. The van der Waals surface area contributed by atoms with Crippen molar-refractivity contribution in [3.05, 3.63) is 23.8 Å². The van der Waals surface area contributed by atoms with Gasteiger partial charge in [-0.05, 0) is 43.4 Å². The molecule has 1 aliphatic heterocycles. The molecule has 1 saturated carbocycles. The highest BCUT2D eigenvalue weighted by Gasteiger charge is 2.41. The average molecular weight is 289 g/mol. The second-order valence-corrected chi connectivity index (χ2v) is 6.90. The van der Waals surface area contributed by atoms with Crippen molar-refractivity contribution in [3.63, 3.8) is 0 Å². The van der Waals surface area contributed by atoms with E-state index in [9.17, 15) is 8.42 Å². The number of nitrogens with zero attached hydrogens (tertiary/aromatic N) is 1. The number of benzene rings is 1. The van der Waals surface area contributed by atoms with Gasteiger partial charge in [0.25, 0.3) is 0 Å². The van der Waals surface area contributed by atoms with Crippen molar-refractivity contribution in [2.45, 2.75) is 30.9 Å². The van der Waals surface area contributed by atoms with E-state index in [-0.39, 0.29) is 17.7 Å². The van der Waals surface area contributed by atoms with Gasteiger partial charge < -0.3 is 5.73 Å². The normalized spacial score (nSPS) is 19.0. The minimum absolute atomic E-state index is 0. The Labute approximate surface area is 114 Å². The summed E-state index contributed by atoms with van der Waals surface area (Å²) in [5.41, 5.74) is 8.41. The van der Waals surface area contributed by atoms with Gasteiger partial charge in [0.05, 0.1) is 10.9 Å². The van der Waals surface area contributed by atoms with E-state index in [2.05, 4.69) is 0 Å². The second kappa shape index (κ2) is 4.63. The van der Waals surface area contributed by atoms with Crippen LogP contribution < -0.4 is 10.0 Å². The molecule has 3 rings (SSSR count). The van der Waals surface area contributed by atoms with Crippen LogP contribution in [0.4, 0.5) is 11.4 Å². The summed E-state index contributed by atoms with van der Waals surface area (Å²) in [6.45, 7) is 0.593. The van der Waals surface area contributed by atoms with E-state index in [1.807, 2.05) is 18.2 Å². The molecule has 2 N–H and O–H groups in total.